The zero-order valence-corrected chi connectivity index (χ0v) is 16.6. The van der Waals surface area contributed by atoms with Crippen LogP contribution in [0.25, 0.3) is 16.7 Å². The molecule has 130 valence electrons. The zero-order valence-electron chi connectivity index (χ0n) is 14.2. The topological polar surface area (TPSA) is 33.7 Å². The summed E-state index contributed by atoms with van der Waals surface area (Å²) in [7, 11) is 0. The maximum Gasteiger partial charge on any atom is 0.208 e. The summed E-state index contributed by atoms with van der Waals surface area (Å²) >= 11 is 9.85. The largest absolute Gasteiger partial charge is 0.306 e. The molecule has 0 amide bonds. The van der Waals surface area contributed by atoms with Crippen molar-refractivity contribution in [3.8, 4) is 5.69 Å². The van der Waals surface area contributed by atoms with E-state index in [0.29, 0.717) is 12.2 Å². The third kappa shape index (κ3) is 2.89. The molecule has 5 heteroatoms. The Hall–Kier alpha value is -2.30. The molecule has 4 rings (SSSR count). The Morgan fingerprint density at radius 3 is 2.42 bits per heavy atom. The highest BCUT2D eigenvalue weighted by molar-refractivity contribution is 9.10. The van der Waals surface area contributed by atoms with Crippen molar-refractivity contribution in [2.75, 3.05) is 0 Å². The van der Waals surface area contributed by atoms with Crippen molar-refractivity contribution in [3.05, 3.63) is 93.0 Å². The number of fused-ring (bicyclic) bond motifs is 1. The first kappa shape index (κ1) is 17.1. The molecule has 0 spiro atoms. The van der Waals surface area contributed by atoms with Crippen LogP contribution < -0.4 is 5.62 Å². The number of halogens is 2. The van der Waals surface area contributed by atoms with Gasteiger partial charge in [-0.3, -0.25) is 9.98 Å². The number of hydrogen-bond donors (Lipinski definition) is 1. The lowest BCUT2D eigenvalue weighted by molar-refractivity contribution is 0.724. The van der Waals surface area contributed by atoms with Gasteiger partial charge in [0.05, 0.1) is 17.6 Å². The second-order valence-electron chi connectivity index (χ2n) is 6.26. The van der Waals surface area contributed by atoms with E-state index in [1.807, 2.05) is 63.7 Å². The van der Waals surface area contributed by atoms with Crippen molar-refractivity contribution in [3.63, 3.8) is 0 Å². The summed E-state index contributed by atoms with van der Waals surface area (Å²) < 4.78 is 5.02. The number of nitrogens with zero attached hydrogens (tertiary/aromatic N) is 2. The fourth-order valence-corrected chi connectivity index (χ4v) is 3.75. The first-order valence-electron chi connectivity index (χ1n) is 8.31. The number of aryl methyl sites for hydroxylation is 1. The van der Waals surface area contributed by atoms with Crippen LogP contribution in [0, 0.1) is 12.3 Å². The molecule has 0 atom stereocenters. The molecule has 0 aliphatic heterocycles. The van der Waals surface area contributed by atoms with Gasteiger partial charge in [-0.15, -0.1) is 0 Å². The summed E-state index contributed by atoms with van der Waals surface area (Å²) in [6, 6.07) is 22.0. The van der Waals surface area contributed by atoms with Crippen LogP contribution in [0.1, 0.15) is 11.1 Å². The van der Waals surface area contributed by atoms with E-state index < -0.39 is 0 Å². The van der Waals surface area contributed by atoms with E-state index in [1.54, 1.807) is 0 Å². The first-order valence-corrected chi connectivity index (χ1v) is 9.48. The van der Waals surface area contributed by atoms with E-state index >= 15 is 0 Å². The van der Waals surface area contributed by atoms with E-state index in [1.165, 1.54) is 0 Å². The number of aromatic nitrogens is 2. The number of rotatable bonds is 3. The van der Waals surface area contributed by atoms with Gasteiger partial charge in [0.15, 0.2) is 0 Å². The Labute approximate surface area is 165 Å². The first-order chi connectivity index (χ1) is 12.6. The quantitative estimate of drug-likeness (QED) is 0.437. The van der Waals surface area contributed by atoms with Crippen LogP contribution in [0.5, 0.6) is 0 Å². The number of benzene rings is 3. The molecule has 26 heavy (non-hydrogen) atoms. The number of nitrogens with one attached hydrogen (secondary N) is 1. The number of imidazole rings is 1. The van der Waals surface area contributed by atoms with Gasteiger partial charge >= 0.3 is 0 Å². The van der Waals surface area contributed by atoms with Crippen molar-refractivity contribution >= 4 is 38.6 Å². The Bertz CT molecular complexity index is 1160. The number of para-hydroxylation sites is 1. The normalized spacial score (nSPS) is 11.2. The predicted octanol–water partition coefficient (Wildman–Crippen LogP) is 5.68. The minimum atomic E-state index is 0.427. The van der Waals surface area contributed by atoms with Crippen molar-refractivity contribution in [2.45, 2.75) is 13.5 Å². The van der Waals surface area contributed by atoms with Crippen LogP contribution in [0.4, 0.5) is 0 Å². The van der Waals surface area contributed by atoms with Crippen LogP contribution in [-0.2, 0) is 6.54 Å². The van der Waals surface area contributed by atoms with Crippen LogP contribution in [0.15, 0.2) is 71.2 Å². The smallest absolute Gasteiger partial charge is 0.208 e. The van der Waals surface area contributed by atoms with Gasteiger partial charge in [-0.1, -0.05) is 57.9 Å². The lowest BCUT2D eigenvalue weighted by atomic mass is 10.2. The van der Waals surface area contributed by atoms with Crippen LogP contribution in [0.2, 0.25) is 5.02 Å². The molecule has 0 saturated carbocycles. The van der Waals surface area contributed by atoms with Crippen LogP contribution in [0.3, 0.4) is 0 Å². The summed E-state index contributed by atoms with van der Waals surface area (Å²) in [6.07, 6.45) is 0. The molecular formula is C21H17BrClN3. The van der Waals surface area contributed by atoms with E-state index in [4.69, 9.17) is 17.0 Å². The molecule has 0 aliphatic carbocycles. The fourth-order valence-electron chi connectivity index (χ4n) is 3.29. The van der Waals surface area contributed by atoms with Crippen molar-refractivity contribution in [1.29, 1.82) is 5.41 Å². The average molecular weight is 427 g/mol. The van der Waals surface area contributed by atoms with Crippen LogP contribution >= 0.6 is 27.5 Å². The van der Waals surface area contributed by atoms with Gasteiger partial charge in [0.25, 0.3) is 0 Å². The van der Waals surface area contributed by atoms with Gasteiger partial charge in [0.2, 0.25) is 5.62 Å². The van der Waals surface area contributed by atoms with Crippen LogP contribution in [-0.4, -0.2) is 9.13 Å². The highest BCUT2D eigenvalue weighted by Crippen LogP contribution is 2.24. The minimum absolute atomic E-state index is 0.427. The van der Waals surface area contributed by atoms with Gasteiger partial charge in [0.1, 0.15) is 0 Å². The molecule has 0 aliphatic rings. The van der Waals surface area contributed by atoms with Gasteiger partial charge in [-0.2, -0.15) is 0 Å². The summed E-state index contributed by atoms with van der Waals surface area (Å²) in [6.45, 7) is 2.64. The molecule has 0 unspecified atom stereocenters. The molecule has 1 aromatic heterocycles. The van der Waals surface area contributed by atoms with Gasteiger partial charge in [-0.05, 0) is 54.4 Å². The van der Waals surface area contributed by atoms with Crippen molar-refractivity contribution < 1.29 is 0 Å². The molecule has 1 heterocycles. The lowest BCUT2D eigenvalue weighted by Gasteiger charge is -2.07. The molecule has 1 N–H and O–H groups in total. The van der Waals surface area contributed by atoms with Crippen molar-refractivity contribution in [1.82, 2.24) is 9.13 Å². The third-order valence-corrected chi connectivity index (χ3v) is 5.47. The van der Waals surface area contributed by atoms with Gasteiger partial charge in [0, 0.05) is 15.2 Å². The predicted molar refractivity (Wildman–Crippen MR) is 110 cm³/mol. The fraction of sp³-hybridized carbons (Fsp3) is 0.0952. The molecule has 3 aromatic carbocycles. The Morgan fingerprint density at radius 2 is 1.69 bits per heavy atom. The summed E-state index contributed by atoms with van der Waals surface area (Å²) in [5.74, 6) is 0. The van der Waals surface area contributed by atoms with Crippen molar-refractivity contribution in [2.24, 2.45) is 0 Å². The Morgan fingerprint density at radius 1 is 0.962 bits per heavy atom. The Kier molecular flexibility index (Phi) is 4.47. The maximum atomic E-state index is 8.85. The molecule has 0 bridgehead atoms. The Balaban J connectivity index is 1.99. The monoisotopic (exact) mass is 425 g/mol. The summed E-state index contributed by atoms with van der Waals surface area (Å²) in [5, 5.41) is 9.57. The molecule has 3 nitrogen and oxygen atoms in total. The SMILES string of the molecule is Cc1cccc2c1n(-c1ccc(Br)cc1)c(=N)n2Cc1ccccc1Cl. The molecule has 0 radical (unpaired) electrons. The zero-order chi connectivity index (χ0) is 18.3. The van der Waals surface area contributed by atoms with Gasteiger partial charge < -0.3 is 4.57 Å². The van der Waals surface area contributed by atoms with Gasteiger partial charge in [-0.25, -0.2) is 0 Å². The summed E-state index contributed by atoms with van der Waals surface area (Å²) in [5.41, 5.74) is 5.61. The summed E-state index contributed by atoms with van der Waals surface area (Å²) in [4.78, 5) is 0. The van der Waals surface area contributed by atoms with E-state index in [-0.39, 0.29) is 0 Å². The van der Waals surface area contributed by atoms with E-state index in [2.05, 4.69) is 35.0 Å². The standard InChI is InChI=1S/C21H17BrClN3/c1-14-5-4-8-19-20(14)26(17-11-9-16(22)10-12-17)21(24)25(19)13-15-6-2-3-7-18(15)23/h2-12,24H,13H2,1H3. The average Bonchev–Trinajstić information content (AvgIpc) is 2.91. The maximum absolute atomic E-state index is 8.85. The van der Waals surface area contributed by atoms with E-state index in [0.717, 1.165) is 37.3 Å². The second kappa shape index (κ2) is 6.78. The minimum Gasteiger partial charge on any atom is -0.306 e. The molecular weight excluding hydrogens is 410 g/mol. The molecule has 4 aromatic rings. The highest BCUT2D eigenvalue weighted by Gasteiger charge is 2.15. The highest BCUT2D eigenvalue weighted by atomic mass is 79.9. The third-order valence-electron chi connectivity index (χ3n) is 4.57. The lowest BCUT2D eigenvalue weighted by Crippen LogP contribution is -2.24. The number of hydrogen-bond acceptors (Lipinski definition) is 1. The molecule has 0 saturated heterocycles. The second-order valence-corrected chi connectivity index (χ2v) is 7.58. The van der Waals surface area contributed by atoms with E-state index in [9.17, 15) is 0 Å². The molecule has 0 fully saturated rings.